The van der Waals surface area contributed by atoms with Crippen LogP contribution in [0.15, 0.2) is 48.5 Å². The summed E-state index contributed by atoms with van der Waals surface area (Å²) < 4.78 is 13.3. The molecule has 1 amide bonds. The molecule has 2 aromatic rings. The van der Waals surface area contributed by atoms with Gasteiger partial charge < -0.3 is 15.7 Å². The van der Waals surface area contributed by atoms with Crippen LogP contribution in [0.2, 0.25) is 0 Å². The molecule has 7 heteroatoms. The van der Waals surface area contributed by atoms with Gasteiger partial charge in [-0.2, -0.15) is 0 Å². The van der Waals surface area contributed by atoms with Crippen LogP contribution in [0.3, 0.4) is 0 Å². The number of hydrogen-bond donors (Lipinski definition) is 3. The van der Waals surface area contributed by atoms with E-state index in [0.29, 0.717) is 11.6 Å². The maximum Gasteiger partial charge on any atom is 0.253 e. The highest BCUT2D eigenvalue weighted by Crippen LogP contribution is 2.27. The summed E-state index contributed by atoms with van der Waals surface area (Å²) in [6.07, 6.45) is 1.16. The van der Waals surface area contributed by atoms with E-state index in [2.05, 4.69) is 34.9 Å². The summed E-state index contributed by atoms with van der Waals surface area (Å²) >= 11 is 10.9. The van der Waals surface area contributed by atoms with Gasteiger partial charge in [0.2, 0.25) is 0 Å². The van der Waals surface area contributed by atoms with Crippen molar-refractivity contribution in [2.24, 2.45) is 0 Å². The van der Waals surface area contributed by atoms with E-state index in [1.165, 1.54) is 12.0 Å². The lowest BCUT2D eigenvalue weighted by atomic mass is 9.97. The van der Waals surface area contributed by atoms with Crippen LogP contribution in [0.25, 0.3) is 11.1 Å². The number of carbonyl (C=O) groups excluding carboxylic acids is 1. The lowest BCUT2D eigenvalue weighted by Gasteiger charge is -2.22. The summed E-state index contributed by atoms with van der Waals surface area (Å²) in [6.45, 7) is 0.124. The van der Waals surface area contributed by atoms with Crippen molar-refractivity contribution in [1.82, 2.24) is 10.6 Å². The highest BCUT2D eigenvalue weighted by Gasteiger charge is 2.25. The molecule has 0 spiro atoms. The van der Waals surface area contributed by atoms with Crippen molar-refractivity contribution in [3.8, 4) is 11.1 Å². The van der Waals surface area contributed by atoms with Crippen molar-refractivity contribution < 1.29 is 14.3 Å². The Kier molecular flexibility index (Phi) is 7.30. The zero-order valence-corrected chi connectivity index (χ0v) is 16.8. The molecular formula is C21H23Cl2FN2O2. The van der Waals surface area contributed by atoms with Crippen molar-refractivity contribution in [3.63, 3.8) is 0 Å². The Morgan fingerprint density at radius 3 is 2.25 bits per heavy atom. The highest BCUT2D eigenvalue weighted by atomic mass is 35.5. The summed E-state index contributed by atoms with van der Waals surface area (Å²) in [6, 6.07) is 14.9. The van der Waals surface area contributed by atoms with Gasteiger partial charge in [0.05, 0.1) is 6.04 Å². The highest BCUT2D eigenvalue weighted by molar-refractivity contribution is 6.53. The van der Waals surface area contributed by atoms with E-state index in [9.17, 15) is 14.3 Å². The molecule has 0 aromatic heterocycles. The number of aliphatic hydroxyl groups excluding tert-OH is 1. The van der Waals surface area contributed by atoms with Gasteiger partial charge in [0.15, 0.2) is 4.84 Å². The van der Waals surface area contributed by atoms with Crippen molar-refractivity contribution in [3.05, 3.63) is 59.7 Å². The Hall–Kier alpha value is -1.66. The first-order valence-corrected chi connectivity index (χ1v) is 10.1. The molecule has 1 unspecified atom stereocenters. The molecule has 1 aliphatic rings. The second-order valence-electron chi connectivity index (χ2n) is 6.91. The largest absolute Gasteiger partial charge is 0.386 e. The molecule has 3 rings (SSSR count). The number of nitrogens with one attached hydrogen (secondary N) is 2. The molecule has 1 heterocycles. The number of alkyl halides is 3. The molecule has 1 fully saturated rings. The Labute approximate surface area is 174 Å². The summed E-state index contributed by atoms with van der Waals surface area (Å²) in [7, 11) is 0. The number of aliphatic hydroxyl groups is 1. The van der Waals surface area contributed by atoms with E-state index in [-0.39, 0.29) is 0 Å². The number of hydrogen-bond acceptors (Lipinski definition) is 3. The average molecular weight is 425 g/mol. The third kappa shape index (κ3) is 5.03. The third-order valence-corrected chi connectivity index (χ3v) is 5.43. The van der Waals surface area contributed by atoms with Gasteiger partial charge in [-0.25, -0.2) is 4.39 Å². The number of rotatable bonds is 7. The van der Waals surface area contributed by atoms with Gasteiger partial charge in [-0.3, -0.25) is 4.79 Å². The predicted molar refractivity (Wildman–Crippen MR) is 110 cm³/mol. The predicted octanol–water partition coefficient (Wildman–Crippen LogP) is 4.07. The first-order chi connectivity index (χ1) is 13.5. The van der Waals surface area contributed by atoms with Gasteiger partial charge in [-0.15, -0.1) is 0 Å². The minimum absolute atomic E-state index is 0.431. The van der Waals surface area contributed by atoms with Crippen molar-refractivity contribution >= 4 is 29.1 Å². The fourth-order valence-corrected chi connectivity index (χ4v) is 3.56. The standard InChI is InChI=1S/C21H23Cl2FN2O2/c22-20(23)21(28)26-18(12-24)19(27)16-9-5-14(6-10-16)13-3-7-15(8-4-13)17-2-1-11-25-17/h3-10,17-20,25,27H,1-2,11-12H2,(H,26,28)/t17?,18-,19-/m1/s1. The van der Waals surface area contributed by atoms with Crippen LogP contribution in [0, 0.1) is 0 Å². The van der Waals surface area contributed by atoms with Crippen LogP contribution in [0.4, 0.5) is 4.39 Å². The quantitative estimate of drug-likeness (QED) is 0.587. The van der Waals surface area contributed by atoms with Gasteiger partial charge in [0.25, 0.3) is 5.91 Å². The zero-order valence-electron chi connectivity index (χ0n) is 15.2. The Morgan fingerprint density at radius 2 is 1.75 bits per heavy atom. The van der Waals surface area contributed by atoms with Crippen LogP contribution in [-0.2, 0) is 4.79 Å². The summed E-state index contributed by atoms with van der Waals surface area (Å²) in [5, 5.41) is 16.2. The van der Waals surface area contributed by atoms with Gasteiger partial charge in [-0.1, -0.05) is 71.7 Å². The maximum absolute atomic E-state index is 13.3. The fourth-order valence-electron chi connectivity index (χ4n) is 3.43. The lowest BCUT2D eigenvalue weighted by Crippen LogP contribution is -2.43. The normalized spacial score (nSPS) is 18.8. The topological polar surface area (TPSA) is 61.4 Å². The van der Waals surface area contributed by atoms with Crippen LogP contribution >= 0.6 is 23.2 Å². The van der Waals surface area contributed by atoms with Crippen LogP contribution in [-0.4, -0.2) is 35.1 Å². The molecule has 0 aliphatic carbocycles. The number of carbonyl (C=O) groups is 1. The van der Waals surface area contributed by atoms with E-state index in [4.69, 9.17) is 23.2 Å². The van der Waals surface area contributed by atoms with Crippen molar-refractivity contribution in [1.29, 1.82) is 0 Å². The van der Waals surface area contributed by atoms with E-state index in [1.807, 2.05) is 12.1 Å². The Bertz CT molecular complexity index is 778. The van der Waals surface area contributed by atoms with Crippen molar-refractivity contribution in [2.45, 2.75) is 35.9 Å². The monoisotopic (exact) mass is 424 g/mol. The second kappa shape index (κ2) is 9.70. The summed E-state index contributed by atoms with van der Waals surface area (Å²) in [4.78, 5) is 10.2. The van der Waals surface area contributed by atoms with Gasteiger partial charge in [0, 0.05) is 6.04 Å². The second-order valence-corrected chi connectivity index (χ2v) is 8.00. The summed E-state index contributed by atoms with van der Waals surface area (Å²) in [5.74, 6) is -0.738. The van der Waals surface area contributed by atoms with E-state index in [0.717, 1.165) is 24.1 Å². The number of benzene rings is 2. The smallest absolute Gasteiger partial charge is 0.253 e. The van der Waals surface area contributed by atoms with Gasteiger partial charge in [0.1, 0.15) is 12.8 Å². The third-order valence-electron chi connectivity index (χ3n) is 5.03. The number of halogens is 3. The molecule has 4 nitrogen and oxygen atoms in total. The molecule has 1 saturated heterocycles. The molecule has 1 aliphatic heterocycles. The molecule has 150 valence electrons. The van der Waals surface area contributed by atoms with E-state index >= 15 is 0 Å². The molecule has 3 atom stereocenters. The molecule has 2 aromatic carbocycles. The molecular weight excluding hydrogens is 402 g/mol. The van der Waals surface area contributed by atoms with Gasteiger partial charge >= 0.3 is 0 Å². The molecule has 0 bridgehead atoms. The Morgan fingerprint density at radius 1 is 1.14 bits per heavy atom. The van der Waals surface area contributed by atoms with E-state index < -0.39 is 29.6 Å². The van der Waals surface area contributed by atoms with Crippen LogP contribution < -0.4 is 10.6 Å². The van der Waals surface area contributed by atoms with Crippen LogP contribution in [0.1, 0.15) is 36.1 Å². The average Bonchev–Trinajstić information content (AvgIpc) is 3.26. The van der Waals surface area contributed by atoms with E-state index in [1.54, 1.807) is 12.1 Å². The first-order valence-electron chi connectivity index (χ1n) is 9.26. The fraction of sp³-hybridized carbons (Fsp3) is 0.381. The number of amides is 1. The molecule has 28 heavy (non-hydrogen) atoms. The van der Waals surface area contributed by atoms with Gasteiger partial charge in [-0.05, 0) is 41.6 Å². The molecule has 0 saturated carbocycles. The first kappa shape index (κ1) is 21.1. The van der Waals surface area contributed by atoms with Crippen LogP contribution in [0.5, 0.6) is 0 Å². The summed E-state index contributed by atoms with van der Waals surface area (Å²) in [5.41, 5.74) is 3.83. The van der Waals surface area contributed by atoms with Crippen molar-refractivity contribution in [2.75, 3.05) is 13.2 Å². The Balaban J connectivity index is 1.69. The SMILES string of the molecule is O=C(N[C@H](CF)[C@H](O)c1ccc(-c2ccc(C3CCCN3)cc2)cc1)C(Cl)Cl. The lowest BCUT2D eigenvalue weighted by molar-refractivity contribution is -0.121. The maximum atomic E-state index is 13.3. The molecule has 3 N–H and O–H groups in total. The zero-order chi connectivity index (χ0) is 20.1. The minimum atomic E-state index is -1.31. The molecule has 0 radical (unpaired) electrons. The minimum Gasteiger partial charge on any atom is -0.386 e.